The van der Waals surface area contributed by atoms with Crippen LogP contribution in [0.15, 0.2) is 15.9 Å². The summed E-state index contributed by atoms with van der Waals surface area (Å²) in [6.45, 7) is 8.19. The zero-order valence-corrected chi connectivity index (χ0v) is 14.8. The molecule has 1 aliphatic carbocycles. The van der Waals surface area contributed by atoms with Crippen LogP contribution in [0.5, 0.6) is 0 Å². The molecule has 2 nitrogen and oxygen atoms in total. The average molecular weight is 357 g/mol. The molecule has 1 aromatic heterocycles. The highest BCUT2D eigenvalue weighted by atomic mass is 79.9. The summed E-state index contributed by atoms with van der Waals surface area (Å²) in [5.41, 5.74) is 0. The van der Waals surface area contributed by atoms with Crippen LogP contribution in [0.4, 0.5) is 0 Å². The molecule has 0 amide bonds. The molecule has 1 aromatic rings. The van der Waals surface area contributed by atoms with E-state index >= 15 is 0 Å². The molecule has 1 N–H and O–H groups in total. The molecule has 1 aliphatic heterocycles. The van der Waals surface area contributed by atoms with Crippen LogP contribution in [-0.4, -0.2) is 30.1 Å². The van der Waals surface area contributed by atoms with Crippen molar-refractivity contribution in [2.45, 2.75) is 51.7 Å². The smallest absolute Gasteiger partial charge is 0.0343 e. The number of piperazine rings is 1. The number of nitrogens with zero attached hydrogens (tertiary/aromatic N) is 1. The van der Waals surface area contributed by atoms with Crippen LogP contribution >= 0.6 is 27.3 Å². The molecule has 3 rings (SSSR count). The zero-order valence-electron chi connectivity index (χ0n) is 12.4. The van der Waals surface area contributed by atoms with Crippen LogP contribution in [0.25, 0.3) is 0 Å². The van der Waals surface area contributed by atoms with Crippen molar-refractivity contribution in [1.29, 1.82) is 0 Å². The number of hydrogen-bond acceptors (Lipinski definition) is 3. The van der Waals surface area contributed by atoms with E-state index < -0.39 is 0 Å². The quantitative estimate of drug-likeness (QED) is 0.853. The summed E-state index contributed by atoms with van der Waals surface area (Å²) in [7, 11) is 0. The van der Waals surface area contributed by atoms with E-state index in [0.717, 1.165) is 24.4 Å². The van der Waals surface area contributed by atoms with Gasteiger partial charge in [-0.2, -0.15) is 0 Å². The SMILES string of the molecule is CC(C)CC1CNC(C2CC2)CN1Cc1sccc1Br. The van der Waals surface area contributed by atoms with Crippen LogP contribution in [0, 0.1) is 11.8 Å². The summed E-state index contributed by atoms with van der Waals surface area (Å²) in [5, 5.41) is 6.00. The van der Waals surface area contributed by atoms with Gasteiger partial charge in [-0.15, -0.1) is 11.3 Å². The average Bonchev–Trinajstić information content (AvgIpc) is 3.17. The minimum absolute atomic E-state index is 0.694. The lowest BCUT2D eigenvalue weighted by Crippen LogP contribution is -2.57. The van der Waals surface area contributed by atoms with Gasteiger partial charge in [-0.25, -0.2) is 0 Å². The number of nitrogens with one attached hydrogen (secondary N) is 1. The molecule has 0 radical (unpaired) electrons. The monoisotopic (exact) mass is 356 g/mol. The summed E-state index contributed by atoms with van der Waals surface area (Å²) in [6.07, 6.45) is 4.17. The van der Waals surface area contributed by atoms with Crippen molar-refractivity contribution in [3.63, 3.8) is 0 Å². The normalized spacial score (nSPS) is 28.2. The molecule has 2 unspecified atom stereocenters. The molecule has 2 fully saturated rings. The lowest BCUT2D eigenvalue weighted by Gasteiger charge is -2.41. The third-order valence-electron chi connectivity index (χ3n) is 4.54. The second-order valence-corrected chi connectivity index (χ2v) is 8.61. The van der Waals surface area contributed by atoms with Crippen molar-refractivity contribution in [3.8, 4) is 0 Å². The van der Waals surface area contributed by atoms with E-state index in [0.29, 0.717) is 6.04 Å². The standard InChI is InChI=1S/C16H25BrN2S/c1-11(2)7-13-8-18-15(12-3-4-12)9-19(13)10-16-14(17)5-6-20-16/h5-6,11-13,15,18H,3-4,7-10H2,1-2H3. The lowest BCUT2D eigenvalue weighted by atomic mass is 9.97. The summed E-state index contributed by atoms with van der Waals surface area (Å²) in [4.78, 5) is 4.21. The number of rotatable bonds is 5. The lowest BCUT2D eigenvalue weighted by molar-refractivity contribution is 0.101. The Morgan fingerprint density at radius 1 is 1.45 bits per heavy atom. The molecular weight excluding hydrogens is 332 g/mol. The van der Waals surface area contributed by atoms with Gasteiger partial charge in [-0.05, 0) is 58.5 Å². The highest BCUT2D eigenvalue weighted by molar-refractivity contribution is 9.10. The Morgan fingerprint density at radius 3 is 2.85 bits per heavy atom. The summed E-state index contributed by atoms with van der Waals surface area (Å²) in [5.74, 6) is 1.72. The third kappa shape index (κ3) is 3.65. The van der Waals surface area contributed by atoms with E-state index in [2.05, 4.69) is 51.4 Å². The van der Waals surface area contributed by atoms with Gasteiger partial charge >= 0.3 is 0 Å². The van der Waals surface area contributed by atoms with Crippen LogP contribution in [0.1, 0.15) is 38.0 Å². The van der Waals surface area contributed by atoms with Gasteiger partial charge in [0.05, 0.1) is 0 Å². The fourth-order valence-electron chi connectivity index (χ4n) is 3.29. The molecule has 1 saturated heterocycles. The van der Waals surface area contributed by atoms with Crippen molar-refractivity contribution in [1.82, 2.24) is 10.2 Å². The van der Waals surface area contributed by atoms with Crippen molar-refractivity contribution in [2.75, 3.05) is 13.1 Å². The zero-order chi connectivity index (χ0) is 14.1. The largest absolute Gasteiger partial charge is 0.311 e. The maximum absolute atomic E-state index is 3.81. The highest BCUT2D eigenvalue weighted by Crippen LogP contribution is 2.35. The minimum Gasteiger partial charge on any atom is -0.311 e. The second kappa shape index (κ2) is 6.47. The Morgan fingerprint density at radius 2 is 2.25 bits per heavy atom. The van der Waals surface area contributed by atoms with E-state index in [4.69, 9.17) is 0 Å². The van der Waals surface area contributed by atoms with Crippen LogP contribution in [0.2, 0.25) is 0 Å². The van der Waals surface area contributed by atoms with Crippen molar-refractivity contribution >= 4 is 27.3 Å². The first kappa shape index (κ1) is 15.0. The van der Waals surface area contributed by atoms with Crippen molar-refractivity contribution < 1.29 is 0 Å². The predicted octanol–water partition coefficient (Wildman–Crippen LogP) is 4.11. The number of hydrogen-bond donors (Lipinski definition) is 1. The van der Waals surface area contributed by atoms with E-state index in [-0.39, 0.29) is 0 Å². The van der Waals surface area contributed by atoms with E-state index in [1.165, 1.54) is 41.7 Å². The Hall–Kier alpha value is 0.100. The maximum atomic E-state index is 3.81. The fourth-order valence-corrected chi connectivity index (χ4v) is 4.79. The Kier molecular flexibility index (Phi) is 4.86. The van der Waals surface area contributed by atoms with Gasteiger partial charge in [0, 0.05) is 41.1 Å². The van der Waals surface area contributed by atoms with Gasteiger partial charge in [0.2, 0.25) is 0 Å². The molecule has 0 bridgehead atoms. The first-order chi connectivity index (χ1) is 9.63. The van der Waals surface area contributed by atoms with Gasteiger partial charge < -0.3 is 5.32 Å². The molecule has 2 heterocycles. The molecule has 2 aliphatic rings. The molecule has 4 heteroatoms. The molecule has 20 heavy (non-hydrogen) atoms. The topological polar surface area (TPSA) is 15.3 Å². The van der Waals surface area contributed by atoms with Gasteiger partial charge in [0.1, 0.15) is 0 Å². The van der Waals surface area contributed by atoms with E-state index in [1.54, 1.807) is 0 Å². The summed E-state index contributed by atoms with van der Waals surface area (Å²) >= 11 is 5.57. The Bertz CT molecular complexity index is 441. The first-order valence-electron chi connectivity index (χ1n) is 7.82. The van der Waals surface area contributed by atoms with Gasteiger partial charge in [-0.3, -0.25) is 4.90 Å². The second-order valence-electron chi connectivity index (χ2n) is 6.76. The molecule has 0 spiro atoms. The predicted molar refractivity (Wildman–Crippen MR) is 90.2 cm³/mol. The van der Waals surface area contributed by atoms with Crippen LogP contribution < -0.4 is 5.32 Å². The van der Waals surface area contributed by atoms with Crippen LogP contribution in [0.3, 0.4) is 0 Å². The number of halogens is 1. The minimum atomic E-state index is 0.694. The molecule has 0 aromatic carbocycles. The third-order valence-corrected chi connectivity index (χ3v) is 6.45. The highest BCUT2D eigenvalue weighted by Gasteiger charge is 2.37. The molecule has 2 atom stereocenters. The van der Waals surface area contributed by atoms with Gasteiger partial charge in [0.25, 0.3) is 0 Å². The van der Waals surface area contributed by atoms with Crippen LogP contribution in [-0.2, 0) is 6.54 Å². The fraction of sp³-hybridized carbons (Fsp3) is 0.750. The summed E-state index contributed by atoms with van der Waals surface area (Å²) < 4.78 is 1.28. The maximum Gasteiger partial charge on any atom is 0.0343 e. The van der Waals surface area contributed by atoms with Gasteiger partial charge in [-0.1, -0.05) is 13.8 Å². The molecule has 112 valence electrons. The first-order valence-corrected chi connectivity index (χ1v) is 9.50. The summed E-state index contributed by atoms with van der Waals surface area (Å²) in [6, 6.07) is 3.61. The van der Waals surface area contributed by atoms with E-state index in [9.17, 15) is 0 Å². The number of thiophene rings is 1. The Labute approximate surface area is 135 Å². The van der Waals surface area contributed by atoms with Crippen molar-refractivity contribution in [3.05, 3.63) is 20.8 Å². The molecular formula is C16H25BrN2S. The van der Waals surface area contributed by atoms with Gasteiger partial charge in [0.15, 0.2) is 0 Å². The Balaban J connectivity index is 1.68. The van der Waals surface area contributed by atoms with Crippen molar-refractivity contribution in [2.24, 2.45) is 11.8 Å². The molecule has 1 saturated carbocycles. The van der Waals surface area contributed by atoms with E-state index in [1.807, 2.05) is 11.3 Å².